The number of aromatic nitrogens is 3. The number of piperidine rings is 1. The maximum atomic E-state index is 12.7. The molecular formula is C18H24N4O2. The summed E-state index contributed by atoms with van der Waals surface area (Å²) < 4.78 is 2.02. The predicted octanol–water partition coefficient (Wildman–Crippen LogP) is 1.82. The maximum absolute atomic E-state index is 12.7. The molecule has 128 valence electrons. The number of hydrogen-bond donors (Lipinski definition) is 1. The fraction of sp³-hybridized carbons (Fsp3) is 0.611. The van der Waals surface area contributed by atoms with Gasteiger partial charge in [-0.2, -0.15) is 0 Å². The Hall–Kier alpha value is -1.95. The molecular weight excluding hydrogens is 304 g/mol. The average molecular weight is 328 g/mol. The molecule has 2 aromatic heterocycles. The first-order chi connectivity index (χ1) is 11.7. The van der Waals surface area contributed by atoms with Gasteiger partial charge in [-0.25, -0.2) is 0 Å². The minimum atomic E-state index is -1.11. The fourth-order valence-corrected chi connectivity index (χ4v) is 4.17. The van der Waals surface area contributed by atoms with E-state index in [1.54, 1.807) is 0 Å². The number of hydrogen-bond acceptors (Lipinski definition) is 4. The van der Waals surface area contributed by atoms with Crippen LogP contribution >= 0.6 is 0 Å². The molecule has 1 aliphatic heterocycles. The number of carbonyl (C=O) groups is 1. The highest BCUT2D eigenvalue weighted by atomic mass is 16.3. The van der Waals surface area contributed by atoms with Crippen LogP contribution in [0.25, 0.3) is 5.65 Å². The maximum Gasteiger partial charge on any atom is 0.254 e. The van der Waals surface area contributed by atoms with E-state index in [0.717, 1.165) is 50.1 Å². The summed E-state index contributed by atoms with van der Waals surface area (Å²) in [6.45, 7) is 1.47. The van der Waals surface area contributed by atoms with Crippen molar-refractivity contribution in [1.82, 2.24) is 19.5 Å². The van der Waals surface area contributed by atoms with Crippen molar-refractivity contribution < 1.29 is 9.90 Å². The second-order valence-electron chi connectivity index (χ2n) is 7.25. The first kappa shape index (κ1) is 15.6. The van der Waals surface area contributed by atoms with Crippen LogP contribution in [0.5, 0.6) is 0 Å². The highest BCUT2D eigenvalue weighted by molar-refractivity contribution is 5.85. The van der Waals surface area contributed by atoms with E-state index in [9.17, 15) is 9.90 Å². The summed E-state index contributed by atoms with van der Waals surface area (Å²) in [6.07, 6.45) is 8.00. The number of nitrogens with zero attached hydrogens (tertiary/aromatic N) is 4. The topological polar surface area (TPSA) is 70.7 Å². The molecule has 4 rings (SSSR count). The number of aliphatic hydroxyl groups is 1. The molecule has 1 unspecified atom stereocenters. The minimum absolute atomic E-state index is 0.0594. The summed E-state index contributed by atoms with van der Waals surface area (Å²) in [7, 11) is 0. The molecule has 0 aromatic carbocycles. The van der Waals surface area contributed by atoms with Gasteiger partial charge in [-0.15, -0.1) is 10.2 Å². The van der Waals surface area contributed by atoms with E-state index < -0.39 is 5.60 Å². The lowest BCUT2D eigenvalue weighted by molar-refractivity contribution is -0.152. The third-order valence-electron chi connectivity index (χ3n) is 5.49. The highest BCUT2D eigenvalue weighted by Crippen LogP contribution is 2.33. The number of fused-ring (bicyclic) bond motifs is 1. The van der Waals surface area contributed by atoms with E-state index in [1.165, 1.54) is 0 Å². The van der Waals surface area contributed by atoms with Gasteiger partial charge in [-0.05, 0) is 56.6 Å². The van der Waals surface area contributed by atoms with Crippen molar-refractivity contribution in [3.63, 3.8) is 0 Å². The molecule has 2 fully saturated rings. The van der Waals surface area contributed by atoms with Gasteiger partial charge in [0.05, 0.1) is 0 Å². The monoisotopic (exact) mass is 328 g/mol. The lowest BCUT2D eigenvalue weighted by Crippen LogP contribution is -2.51. The van der Waals surface area contributed by atoms with Crippen LogP contribution < -0.4 is 0 Å². The highest BCUT2D eigenvalue weighted by Gasteiger charge is 2.42. The van der Waals surface area contributed by atoms with E-state index in [4.69, 9.17) is 0 Å². The fourth-order valence-electron chi connectivity index (χ4n) is 4.17. The van der Waals surface area contributed by atoms with E-state index in [0.29, 0.717) is 25.3 Å². The van der Waals surface area contributed by atoms with Crippen molar-refractivity contribution in [2.24, 2.45) is 5.92 Å². The van der Waals surface area contributed by atoms with Crippen LogP contribution in [-0.4, -0.2) is 49.2 Å². The zero-order valence-corrected chi connectivity index (χ0v) is 13.9. The quantitative estimate of drug-likeness (QED) is 0.933. The Balaban J connectivity index is 1.46. The van der Waals surface area contributed by atoms with Crippen molar-refractivity contribution >= 4 is 11.6 Å². The third-order valence-corrected chi connectivity index (χ3v) is 5.49. The predicted molar refractivity (Wildman–Crippen MR) is 89.4 cm³/mol. The molecule has 1 aliphatic carbocycles. The molecule has 0 spiro atoms. The van der Waals surface area contributed by atoms with Gasteiger partial charge in [0.15, 0.2) is 5.65 Å². The van der Waals surface area contributed by atoms with Gasteiger partial charge in [0.25, 0.3) is 5.91 Å². The molecule has 6 heteroatoms. The summed E-state index contributed by atoms with van der Waals surface area (Å²) in [5.41, 5.74) is -0.250. The third kappa shape index (κ3) is 2.79. The van der Waals surface area contributed by atoms with Gasteiger partial charge in [-0.1, -0.05) is 6.07 Å². The minimum Gasteiger partial charge on any atom is -0.380 e. The smallest absolute Gasteiger partial charge is 0.254 e. The van der Waals surface area contributed by atoms with Crippen LogP contribution in [0.3, 0.4) is 0 Å². The number of carbonyl (C=O) groups excluding carboxylic acids is 1. The van der Waals surface area contributed by atoms with Gasteiger partial charge >= 0.3 is 0 Å². The van der Waals surface area contributed by atoms with Crippen molar-refractivity contribution in [1.29, 1.82) is 0 Å². The van der Waals surface area contributed by atoms with Crippen LogP contribution in [0, 0.1) is 5.92 Å². The molecule has 1 saturated carbocycles. The summed E-state index contributed by atoms with van der Waals surface area (Å²) in [6, 6.07) is 5.88. The van der Waals surface area contributed by atoms with Gasteiger partial charge in [-0.3, -0.25) is 9.20 Å². The second kappa shape index (κ2) is 6.16. The van der Waals surface area contributed by atoms with Gasteiger partial charge in [0.2, 0.25) is 0 Å². The number of amides is 1. The standard InChI is InChI=1S/C18H24N4O2/c23-17(18(24)8-2-3-9-18)21-10-5-6-14(13-21)12-16-20-19-15-7-1-4-11-22(15)16/h1,4,7,11,14,24H,2-3,5-6,8-10,12-13H2. The second-order valence-corrected chi connectivity index (χ2v) is 7.25. The number of likely N-dealkylation sites (tertiary alicyclic amines) is 1. The number of pyridine rings is 1. The first-order valence-electron chi connectivity index (χ1n) is 8.96. The molecule has 3 heterocycles. The van der Waals surface area contributed by atoms with Crippen molar-refractivity contribution in [3.8, 4) is 0 Å². The molecule has 2 aliphatic rings. The summed E-state index contributed by atoms with van der Waals surface area (Å²) in [5, 5.41) is 19.1. The largest absolute Gasteiger partial charge is 0.380 e. The van der Waals surface area contributed by atoms with Crippen LogP contribution in [0.1, 0.15) is 44.3 Å². The molecule has 1 saturated heterocycles. The van der Waals surface area contributed by atoms with Gasteiger partial charge < -0.3 is 10.0 Å². The lowest BCUT2D eigenvalue weighted by atomic mass is 9.92. The lowest BCUT2D eigenvalue weighted by Gasteiger charge is -2.36. The molecule has 1 N–H and O–H groups in total. The van der Waals surface area contributed by atoms with Gasteiger partial charge in [0.1, 0.15) is 11.4 Å². The molecule has 6 nitrogen and oxygen atoms in total. The summed E-state index contributed by atoms with van der Waals surface area (Å²) in [5.74, 6) is 1.26. The van der Waals surface area contributed by atoms with Crippen molar-refractivity contribution in [2.75, 3.05) is 13.1 Å². The van der Waals surface area contributed by atoms with E-state index in [1.807, 2.05) is 33.7 Å². The van der Waals surface area contributed by atoms with Crippen LogP contribution in [0.2, 0.25) is 0 Å². The van der Waals surface area contributed by atoms with Crippen LogP contribution in [0.4, 0.5) is 0 Å². The van der Waals surface area contributed by atoms with Gasteiger partial charge in [0, 0.05) is 25.7 Å². The first-order valence-corrected chi connectivity index (χ1v) is 8.96. The average Bonchev–Trinajstić information content (AvgIpc) is 3.22. The van der Waals surface area contributed by atoms with Crippen molar-refractivity contribution in [2.45, 2.75) is 50.5 Å². The SMILES string of the molecule is O=C(N1CCCC(Cc2nnc3ccccn23)C1)C1(O)CCCC1. The Kier molecular flexibility index (Phi) is 4.00. The normalized spacial score (nSPS) is 23.7. The Morgan fingerprint density at radius 3 is 2.92 bits per heavy atom. The molecule has 0 radical (unpaired) electrons. The summed E-state index contributed by atoms with van der Waals surface area (Å²) in [4.78, 5) is 14.6. The molecule has 24 heavy (non-hydrogen) atoms. The molecule has 2 aromatic rings. The Bertz CT molecular complexity index is 735. The van der Waals surface area contributed by atoms with E-state index >= 15 is 0 Å². The Labute approximate surface area is 141 Å². The zero-order valence-electron chi connectivity index (χ0n) is 13.9. The summed E-state index contributed by atoms with van der Waals surface area (Å²) >= 11 is 0. The molecule has 0 bridgehead atoms. The van der Waals surface area contributed by atoms with Crippen molar-refractivity contribution in [3.05, 3.63) is 30.2 Å². The zero-order chi connectivity index (χ0) is 16.6. The van der Waals surface area contributed by atoms with E-state index in [-0.39, 0.29) is 5.91 Å². The van der Waals surface area contributed by atoms with Crippen LogP contribution in [0.15, 0.2) is 24.4 Å². The Morgan fingerprint density at radius 1 is 1.25 bits per heavy atom. The number of rotatable bonds is 3. The Morgan fingerprint density at radius 2 is 2.08 bits per heavy atom. The molecule has 1 amide bonds. The van der Waals surface area contributed by atoms with Crippen LogP contribution in [-0.2, 0) is 11.2 Å². The molecule has 1 atom stereocenters. The van der Waals surface area contributed by atoms with E-state index in [2.05, 4.69) is 10.2 Å².